The van der Waals surface area contributed by atoms with E-state index in [4.69, 9.17) is 0 Å². The summed E-state index contributed by atoms with van der Waals surface area (Å²) in [6, 6.07) is 0. The first-order valence-corrected chi connectivity index (χ1v) is 3.93. The minimum atomic E-state index is -1.60. The Morgan fingerprint density at radius 3 is 2.55 bits per heavy atom. The second kappa shape index (κ2) is 2.14. The molecular formula is C7H12F2N2. The SMILES string of the molecule is FCC1(F)CNC12CCNC2. The molecule has 64 valence electrons. The molecule has 0 amide bonds. The molecule has 11 heavy (non-hydrogen) atoms. The van der Waals surface area contributed by atoms with E-state index in [0.717, 1.165) is 6.54 Å². The van der Waals surface area contributed by atoms with Gasteiger partial charge in [0.1, 0.15) is 6.67 Å². The zero-order valence-electron chi connectivity index (χ0n) is 6.29. The van der Waals surface area contributed by atoms with Gasteiger partial charge in [-0.25, -0.2) is 8.78 Å². The van der Waals surface area contributed by atoms with Crippen LogP contribution in [-0.4, -0.2) is 37.5 Å². The van der Waals surface area contributed by atoms with Crippen LogP contribution in [0.5, 0.6) is 0 Å². The van der Waals surface area contributed by atoms with E-state index in [0.29, 0.717) is 13.0 Å². The Morgan fingerprint density at radius 2 is 2.18 bits per heavy atom. The average molecular weight is 162 g/mol. The predicted molar refractivity (Wildman–Crippen MR) is 38.0 cm³/mol. The number of alkyl halides is 2. The highest BCUT2D eigenvalue weighted by atomic mass is 19.2. The first kappa shape index (κ1) is 7.43. The maximum absolute atomic E-state index is 13.5. The van der Waals surface area contributed by atoms with Gasteiger partial charge in [0.25, 0.3) is 0 Å². The molecule has 2 unspecified atom stereocenters. The third kappa shape index (κ3) is 0.767. The Bertz CT molecular complexity index is 164. The van der Waals surface area contributed by atoms with E-state index in [1.54, 1.807) is 0 Å². The van der Waals surface area contributed by atoms with E-state index in [1.807, 2.05) is 0 Å². The fraction of sp³-hybridized carbons (Fsp3) is 1.00. The van der Waals surface area contributed by atoms with Gasteiger partial charge in [0, 0.05) is 13.1 Å². The van der Waals surface area contributed by atoms with Gasteiger partial charge < -0.3 is 10.6 Å². The van der Waals surface area contributed by atoms with Gasteiger partial charge in [-0.15, -0.1) is 0 Å². The molecule has 0 aliphatic carbocycles. The van der Waals surface area contributed by atoms with Crippen molar-refractivity contribution in [2.45, 2.75) is 17.6 Å². The normalized spacial score (nSPS) is 49.6. The fourth-order valence-electron chi connectivity index (χ4n) is 1.93. The van der Waals surface area contributed by atoms with Gasteiger partial charge in [0.15, 0.2) is 5.67 Å². The van der Waals surface area contributed by atoms with Gasteiger partial charge in [0.05, 0.1) is 5.54 Å². The summed E-state index contributed by atoms with van der Waals surface area (Å²) in [7, 11) is 0. The fourth-order valence-corrected chi connectivity index (χ4v) is 1.93. The largest absolute Gasteiger partial charge is 0.315 e. The lowest BCUT2D eigenvalue weighted by atomic mass is 9.74. The zero-order valence-corrected chi connectivity index (χ0v) is 6.29. The van der Waals surface area contributed by atoms with Crippen molar-refractivity contribution in [1.82, 2.24) is 10.6 Å². The van der Waals surface area contributed by atoms with Crippen molar-refractivity contribution >= 4 is 0 Å². The average Bonchev–Trinajstić information content (AvgIpc) is 2.51. The second-order valence-electron chi connectivity index (χ2n) is 3.46. The van der Waals surface area contributed by atoms with Crippen LogP contribution in [0.25, 0.3) is 0 Å². The quantitative estimate of drug-likeness (QED) is 0.567. The third-order valence-corrected chi connectivity index (χ3v) is 2.93. The van der Waals surface area contributed by atoms with E-state index in [9.17, 15) is 8.78 Å². The Morgan fingerprint density at radius 1 is 1.36 bits per heavy atom. The summed E-state index contributed by atoms with van der Waals surface area (Å²) < 4.78 is 25.8. The smallest absolute Gasteiger partial charge is 0.170 e. The molecule has 2 saturated heterocycles. The molecule has 0 aromatic carbocycles. The van der Waals surface area contributed by atoms with Crippen LogP contribution in [0, 0.1) is 0 Å². The van der Waals surface area contributed by atoms with Gasteiger partial charge in [-0.05, 0) is 13.0 Å². The molecular weight excluding hydrogens is 150 g/mol. The molecule has 0 bridgehead atoms. The standard InChI is InChI=1S/C7H12F2N2/c8-3-6(9)4-11-7(6)1-2-10-5-7/h10-11H,1-5H2. The summed E-state index contributed by atoms with van der Waals surface area (Å²) in [5.74, 6) is 0. The van der Waals surface area contributed by atoms with Crippen molar-refractivity contribution in [3.63, 3.8) is 0 Å². The van der Waals surface area contributed by atoms with E-state index >= 15 is 0 Å². The maximum atomic E-state index is 13.5. The predicted octanol–water partition coefficient (Wildman–Crippen LogP) is -0.000500. The molecule has 2 heterocycles. The van der Waals surface area contributed by atoms with Crippen molar-refractivity contribution in [3.8, 4) is 0 Å². The summed E-state index contributed by atoms with van der Waals surface area (Å²) in [5, 5.41) is 6.02. The van der Waals surface area contributed by atoms with E-state index < -0.39 is 17.9 Å². The molecule has 2 atom stereocenters. The summed E-state index contributed by atoms with van der Waals surface area (Å²) in [5.41, 5.74) is -2.18. The molecule has 0 radical (unpaired) electrons. The minimum absolute atomic E-state index is 0.172. The monoisotopic (exact) mass is 162 g/mol. The van der Waals surface area contributed by atoms with Gasteiger partial charge in [-0.1, -0.05) is 0 Å². The molecule has 2 fully saturated rings. The van der Waals surface area contributed by atoms with Crippen molar-refractivity contribution in [3.05, 3.63) is 0 Å². The topological polar surface area (TPSA) is 24.1 Å². The van der Waals surface area contributed by atoms with Crippen LogP contribution in [0.15, 0.2) is 0 Å². The number of rotatable bonds is 1. The number of nitrogens with one attached hydrogen (secondary N) is 2. The lowest BCUT2D eigenvalue weighted by Gasteiger charge is -2.51. The highest BCUT2D eigenvalue weighted by Gasteiger charge is 2.61. The van der Waals surface area contributed by atoms with Gasteiger partial charge >= 0.3 is 0 Å². The van der Waals surface area contributed by atoms with E-state index in [1.165, 1.54) is 0 Å². The van der Waals surface area contributed by atoms with Crippen LogP contribution in [0.2, 0.25) is 0 Å². The van der Waals surface area contributed by atoms with Crippen molar-refractivity contribution < 1.29 is 8.78 Å². The molecule has 2 aliphatic heterocycles. The maximum Gasteiger partial charge on any atom is 0.170 e. The van der Waals surface area contributed by atoms with Crippen LogP contribution >= 0.6 is 0 Å². The summed E-state index contributed by atoms with van der Waals surface area (Å²) in [4.78, 5) is 0. The first-order valence-electron chi connectivity index (χ1n) is 3.93. The van der Waals surface area contributed by atoms with Gasteiger partial charge in [0.2, 0.25) is 0 Å². The minimum Gasteiger partial charge on any atom is -0.315 e. The molecule has 2 aliphatic rings. The molecule has 0 saturated carbocycles. The lowest BCUT2D eigenvalue weighted by molar-refractivity contribution is -0.0567. The first-order chi connectivity index (χ1) is 5.22. The Labute approximate surface area is 64.3 Å². The highest BCUT2D eigenvalue weighted by molar-refractivity contribution is 5.19. The second-order valence-corrected chi connectivity index (χ2v) is 3.46. The summed E-state index contributed by atoms with van der Waals surface area (Å²) in [6.07, 6.45) is 0.702. The molecule has 2 rings (SSSR count). The van der Waals surface area contributed by atoms with Gasteiger partial charge in [-0.2, -0.15) is 0 Å². The number of hydrogen-bond acceptors (Lipinski definition) is 2. The summed E-state index contributed by atoms with van der Waals surface area (Å²) >= 11 is 0. The van der Waals surface area contributed by atoms with Crippen LogP contribution < -0.4 is 10.6 Å². The van der Waals surface area contributed by atoms with E-state index in [2.05, 4.69) is 10.6 Å². The lowest BCUT2D eigenvalue weighted by Crippen LogP contribution is -2.77. The summed E-state index contributed by atoms with van der Waals surface area (Å²) in [6.45, 7) is 0.666. The third-order valence-electron chi connectivity index (χ3n) is 2.93. The molecule has 0 aromatic rings. The van der Waals surface area contributed by atoms with Gasteiger partial charge in [-0.3, -0.25) is 0 Å². The van der Waals surface area contributed by atoms with Crippen LogP contribution in [0.1, 0.15) is 6.42 Å². The molecule has 2 nitrogen and oxygen atoms in total. The van der Waals surface area contributed by atoms with E-state index in [-0.39, 0.29) is 6.54 Å². The van der Waals surface area contributed by atoms with Crippen LogP contribution in [0.4, 0.5) is 8.78 Å². The zero-order chi connectivity index (χ0) is 7.95. The molecule has 1 spiro atoms. The number of hydrogen-bond donors (Lipinski definition) is 2. The van der Waals surface area contributed by atoms with Crippen LogP contribution in [-0.2, 0) is 0 Å². The Balaban J connectivity index is 2.14. The van der Waals surface area contributed by atoms with Crippen molar-refractivity contribution in [2.75, 3.05) is 26.3 Å². The van der Waals surface area contributed by atoms with Crippen LogP contribution in [0.3, 0.4) is 0 Å². The molecule has 4 heteroatoms. The molecule has 2 N–H and O–H groups in total. The Hall–Kier alpha value is -0.220. The highest BCUT2D eigenvalue weighted by Crippen LogP contribution is 2.39. The molecule has 0 aromatic heterocycles. The van der Waals surface area contributed by atoms with Crippen molar-refractivity contribution in [2.24, 2.45) is 0 Å². The van der Waals surface area contributed by atoms with Crippen molar-refractivity contribution in [1.29, 1.82) is 0 Å². The Kier molecular flexibility index (Phi) is 1.44. The number of halogens is 2.